The zero-order valence-corrected chi connectivity index (χ0v) is 12.1. The van der Waals surface area contributed by atoms with E-state index in [-0.39, 0.29) is 6.04 Å². The van der Waals surface area contributed by atoms with Crippen molar-refractivity contribution in [3.05, 3.63) is 10.7 Å². The van der Waals surface area contributed by atoms with Crippen LogP contribution < -0.4 is 4.74 Å². The van der Waals surface area contributed by atoms with Gasteiger partial charge in [0.15, 0.2) is 0 Å². The molecule has 7 heteroatoms. The number of hydrogen-bond acceptors (Lipinski definition) is 3. The van der Waals surface area contributed by atoms with E-state index in [0.717, 1.165) is 4.47 Å². The molecule has 1 atom stereocenters. The van der Waals surface area contributed by atoms with Crippen LogP contribution in [0, 0.1) is 0 Å². The molecular weight excluding hydrogens is 302 g/mol. The minimum Gasteiger partial charge on any atom is -0.475 e. The lowest BCUT2D eigenvalue weighted by Crippen LogP contribution is -2.55. The lowest BCUT2D eigenvalue weighted by Gasteiger charge is -2.40. The predicted molar refractivity (Wildman–Crippen MR) is 68.8 cm³/mol. The van der Waals surface area contributed by atoms with Gasteiger partial charge in [0.25, 0.3) is 0 Å². The summed E-state index contributed by atoms with van der Waals surface area (Å²) < 4.78 is 8.05. The monoisotopic (exact) mass is 317 g/mol. The molecule has 1 aromatic rings. The molecule has 0 saturated carbocycles. The van der Waals surface area contributed by atoms with Gasteiger partial charge in [-0.15, -0.1) is 0 Å². The molecular formula is C11H16BrN3O3. The molecule has 6 nitrogen and oxygen atoms in total. The second kappa shape index (κ2) is 4.46. The van der Waals surface area contributed by atoms with Gasteiger partial charge >= 0.3 is 6.09 Å². The Balaban J connectivity index is 2.24. The largest absolute Gasteiger partial charge is 0.475 e. The van der Waals surface area contributed by atoms with E-state index in [1.165, 1.54) is 4.90 Å². The first-order valence-electron chi connectivity index (χ1n) is 5.67. The summed E-state index contributed by atoms with van der Waals surface area (Å²) in [4.78, 5) is 12.8. The second-order valence-electron chi connectivity index (χ2n) is 5.27. The van der Waals surface area contributed by atoms with Gasteiger partial charge in [0.1, 0.15) is 6.61 Å². The van der Waals surface area contributed by atoms with Crippen LogP contribution in [0.1, 0.15) is 20.8 Å². The Labute approximate surface area is 114 Å². The molecule has 0 aromatic carbocycles. The van der Waals surface area contributed by atoms with Crippen LogP contribution >= 0.6 is 15.9 Å². The number of fused-ring (bicyclic) bond motifs is 1. The van der Waals surface area contributed by atoms with Crippen LogP contribution in [0.2, 0.25) is 0 Å². The molecule has 0 radical (unpaired) electrons. The second-order valence-corrected chi connectivity index (χ2v) is 6.12. The molecule has 1 aliphatic heterocycles. The average Bonchev–Trinajstić information content (AvgIpc) is 2.57. The van der Waals surface area contributed by atoms with Gasteiger partial charge in [-0.2, -0.15) is 5.10 Å². The summed E-state index contributed by atoms with van der Waals surface area (Å²) in [5, 5.41) is 13.5. The third kappa shape index (κ3) is 2.31. The van der Waals surface area contributed by atoms with Gasteiger partial charge in [-0.25, -0.2) is 9.48 Å². The summed E-state index contributed by atoms with van der Waals surface area (Å²) in [7, 11) is 0. The number of ether oxygens (including phenoxy) is 1. The number of halogens is 1. The molecule has 0 fully saturated rings. The standard InChI is InChI=1S/C11H16BrN3O3/c1-11(2,3)15(10(16)17)7-5-14-9(18-6-7)8(12)4-13-14/h4,7H,5-6H2,1-3H3,(H,16,17)/t7-/m1/s1. The van der Waals surface area contributed by atoms with E-state index in [2.05, 4.69) is 21.0 Å². The Morgan fingerprint density at radius 1 is 1.67 bits per heavy atom. The minimum absolute atomic E-state index is 0.234. The molecule has 0 spiro atoms. The molecule has 0 bridgehead atoms. The Morgan fingerprint density at radius 3 is 2.89 bits per heavy atom. The Morgan fingerprint density at radius 2 is 2.33 bits per heavy atom. The van der Waals surface area contributed by atoms with E-state index in [0.29, 0.717) is 19.0 Å². The predicted octanol–water partition coefficient (Wildman–Crippen LogP) is 2.19. The number of carbonyl (C=O) groups is 1. The molecule has 100 valence electrons. The molecule has 1 amide bonds. The first-order valence-corrected chi connectivity index (χ1v) is 6.46. The fourth-order valence-corrected chi connectivity index (χ4v) is 2.61. The lowest BCUT2D eigenvalue weighted by molar-refractivity contribution is 0.0277. The number of hydrogen-bond donors (Lipinski definition) is 1. The van der Waals surface area contributed by atoms with Crippen molar-refractivity contribution in [2.24, 2.45) is 0 Å². The third-order valence-corrected chi connectivity index (χ3v) is 3.38. The Bertz CT molecular complexity index is 467. The molecule has 0 saturated heterocycles. The zero-order valence-electron chi connectivity index (χ0n) is 10.6. The minimum atomic E-state index is -0.939. The molecule has 2 rings (SSSR count). The fourth-order valence-electron chi connectivity index (χ4n) is 2.20. The highest BCUT2D eigenvalue weighted by atomic mass is 79.9. The summed E-state index contributed by atoms with van der Waals surface area (Å²) in [6, 6.07) is -0.234. The van der Waals surface area contributed by atoms with Crippen LogP contribution in [0.15, 0.2) is 10.7 Å². The van der Waals surface area contributed by atoms with Crippen molar-refractivity contribution >= 4 is 22.0 Å². The first-order chi connectivity index (χ1) is 8.30. The van der Waals surface area contributed by atoms with Gasteiger partial charge in [-0.05, 0) is 36.7 Å². The summed E-state index contributed by atoms with van der Waals surface area (Å²) in [5.74, 6) is 0.658. The molecule has 18 heavy (non-hydrogen) atoms. The van der Waals surface area contributed by atoms with Crippen molar-refractivity contribution < 1.29 is 14.6 Å². The molecule has 1 aromatic heterocycles. The fraction of sp³-hybridized carbons (Fsp3) is 0.636. The summed E-state index contributed by atoms with van der Waals surface area (Å²) in [6.07, 6.45) is 0.714. The first kappa shape index (κ1) is 13.2. The van der Waals surface area contributed by atoms with E-state index >= 15 is 0 Å². The topological polar surface area (TPSA) is 67.6 Å². The third-order valence-electron chi connectivity index (χ3n) is 2.84. The van der Waals surface area contributed by atoms with E-state index < -0.39 is 11.6 Å². The molecule has 0 aliphatic carbocycles. The van der Waals surface area contributed by atoms with Crippen LogP contribution in [0.5, 0.6) is 5.88 Å². The maximum absolute atomic E-state index is 11.4. The van der Waals surface area contributed by atoms with Crippen molar-refractivity contribution in [2.75, 3.05) is 6.61 Å². The summed E-state index contributed by atoms with van der Waals surface area (Å²) in [6.45, 7) is 6.46. The normalized spacial score (nSPS) is 19.0. The van der Waals surface area contributed by atoms with Crippen molar-refractivity contribution in [3.63, 3.8) is 0 Å². The number of nitrogens with zero attached hydrogens (tertiary/aromatic N) is 3. The number of amides is 1. The zero-order chi connectivity index (χ0) is 13.5. The van der Waals surface area contributed by atoms with Gasteiger partial charge in [0.05, 0.1) is 23.3 Å². The maximum atomic E-state index is 11.4. The van der Waals surface area contributed by atoms with E-state index in [9.17, 15) is 9.90 Å². The average molecular weight is 318 g/mol. The quantitative estimate of drug-likeness (QED) is 0.862. The van der Waals surface area contributed by atoms with Crippen molar-refractivity contribution in [2.45, 2.75) is 38.9 Å². The smallest absolute Gasteiger partial charge is 0.408 e. The highest BCUT2D eigenvalue weighted by Gasteiger charge is 2.36. The highest BCUT2D eigenvalue weighted by molar-refractivity contribution is 9.10. The van der Waals surface area contributed by atoms with Gasteiger partial charge < -0.3 is 9.84 Å². The van der Waals surface area contributed by atoms with Gasteiger partial charge in [-0.1, -0.05) is 0 Å². The van der Waals surface area contributed by atoms with Crippen molar-refractivity contribution in [3.8, 4) is 5.88 Å². The molecule has 1 aliphatic rings. The van der Waals surface area contributed by atoms with E-state index in [4.69, 9.17) is 4.74 Å². The van der Waals surface area contributed by atoms with Crippen LogP contribution in [-0.2, 0) is 6.54 Å². The Kier molecular flexibility index (Phi) is 3.27. The van der Waals surface area contributed by atoms with Crippen molar-refractivity contribution in [1.29, 1.82) is 0 Å². The van der Waals surface area contributed by atoms with E-state index in [1.807, 2.05) is 20.8 Å². The number of rotatable bonds is 1. The van der Waals surface area contributed by atoms with Crippen LogP contribution in [-0.4, -0.2) is 44.1 Å². The molecule has 0 unspecified atom stereocenters. The molecule has 2 heterocycles. The number of aromatic nitrogens is 2. The van der Waals surface area contributed by atoms with Gasteiger partial charge in [0, 0.05) is 5.54 Å². The van der Waals surface area contributed by atoms with Crippen LogP contribution in [0.4, 0.5) is 4.79 Å². The van der Waals surface area contributed by atoms with Crippen LogP contribution in [0.25, 0.3) is 0 Å². The summed E-state index contributed by atoms with van der Waals surface area (Å²) >= 11 is 3.34. The summed E-state index contributed by atoms with van der Waals surface area (Å²) in [5.41, 5.74) is -0.470. The molecule has 1 N–H and O–H groups in total. The van der Waals surface area contributed by atoms with Crippen molar-refractivity contribution in [1.82, 2.24) is 14.7 Å². The van der Waals surface area contributed by atoms with Crippen LogP contribution in [0.3, 0.4) is 0 Å². The van der Waals surface area contributed by atoms with E-state index in [1.54, 1.807) is 10.9 Å². The number of carboxylic acid groups (broad SMARTS) is 1. The Hall–Kier alpha value is -1.24. The maximum Gasteiger partial charge on any atom is 0.408 e. The van der Waals surface area contributed by atoms with Gasteiger partial charge in [-0.3, -0.25) is 4.90 Å². The SMILES string of the molecule is CC(C)(C)N(C(=O)O)[C@H]1COc2c(Br)cnn2C1. The highest BCUT2D eigenvalue weighted by Crippen LogP contribution is 2.30. The lowest BCUT2D eigenvalue weighted by atomic mass is 10.0. The van der Waals surface area contributed by atoms with Gasteiger partial charge in [0.2, 0.25) is 5.88 Å².